The second-order valence-electron chi connectivity index (χ2n) is 5.93. The number of aromatic nitrogens is 2. The summed E-state index contributed by atoms with van der Waals surface area (Å²) in [6.07, 6.45) is 1.73. The summed E-state index contributed by atoms with van der Waals surface area (Å²) in [6, 6.07) is 14.2. The Bertz CT molecular complexity index is 1220. The number of para-hydroxylation sites is 1. The molecule has 4 rings (SSSR count). The van der Waals surface area contributed by atoms with E-state index in [1.807, 2.05) is 18.2 Å². The third kappa shape index (κ3) is 3.69. The molecule has 0 spiro atoms. The van der Waals surface area contributed by atoms with E-state index in [4.69, 9.17) is 27.6 Å². The fraction of sp³-hybridized carbons (Fsp3) is 0.100. The van der Waals surface area contributed by atoms with Gasteiger partial charge in [-0.05, 0) is 30.3 Å². The Labute approximate surface area is 174 Å². The van der Waals surface area contributed by atoms with Gasteiger partial charge in [-0.15, -0.1) is 0 Å². The first kappa shape index (κ1) is 19.1. The lowest BCUT2D eigenvalue weighted by Gasteiger charge is -2.09. The van der Waals surface area contributed by atoms with E-state index in [9.17, 15) is 9.90 Å². The Morgan fingerprint density at radius 1 is 1.14 bits per heavy atom. The van der Waals surface area contributed by atoms with Crippen LogP contribution < -0.4 is 5.63 Å². The number of rotatable bonds is 5. The van der Waals surface area contributed by atoms with Crippen LogP contribution >= 0.6 is 35.0 Å². The molecule has 0 aliphatic carbocycles. The molecule has 0 radical (unpaired) electrons. The van der Waals surface area contributed by atoms with Gasteiger partial charge in [-0.2, -0.15) is 0 Å². The van der Waals surface area contributed by atoms with Gasteiger partial charge in [0.1, 0.15) is 5.58 Å². The van der Waals surface area contributed by atoms with Crippen molar-refractivity contribution < 1.29 is 9.52 Å². The predicted molar refractivity (Wildman–Crippen MR) is 113 cm³/mol. The second kappa shape index (κ2) is 8.01. The number of thioether (sulfide) groups is 1. The highest BCUT2D eigenvalue weighted by Crippen LogP contribution is 2.31. The lowest BCUT2D eigenvalue weighted by atomic mass is 10.1. The second-order valence-corrected chi connectivity index (χ2v) is 7.84. The zero-order valence-corrected chi connectivity index (χ0v) is 16.8. The summed E-state index contributed by atoms with van der Waals surface area (Å²) >= 11 is 13.7. The third-order valence-electron chi connectivity index (χ3n) is 4.08. The first-order valence-corrected chi connectivity index (χ1v) is 10.1. The number of hydrogen-bond donors (Lipinski definition) is 1. The van der Waals surface area contributed by atoms with Crippen LogP contribution in [0.25, 0.3) is 27.9 Å². The Kier molecular flexibility index (Phi) is 5.46. The van der Waals surface area contributed by atoms with Gasteiger partial charge in [-0.1, -0.05) is 53.2 Å². The average molecular weight is 433 g/mol. The van der Waals surface area contributed by atoms with Gasteiger partial charge in [0, 0.05) is 22.4 Å². The number of benzene rings is 2. The molecule has 8 heteroatoms. The van der Waals surface area contributed by atoms with Crippen molar-refractivity contribution in [1.29, 1.82) is 0 Å². The van der Waals surface area contributed by atoms with E-state index in [-0.39, 0.29) is 6.61 Å². The Hall–Kier alpha value is -2.25. The normalized spacial score (nSPS) is 11.2. The van der Waals surface area contributed by atoms with E-state index in [1.54, 1.807) is 41.1 Å². The maximum Gasteiger partial charge on any atom is 0.345 e. The summed E-state index contributed by atoms with van der Waals surface area (Å²) in [4.78, 5) is 17.1. The molecule has 0 aliphatic heterocycles. The van der Waals surface area contributed by atoms with E-state index in [0.717, 1.165) is 5.39 Å². The molecule has 0 aliphatic rings. The minimum absolute atomic E-state index is 0.000671. The van der Waals surface area contributed by atoms with Crippen LogP contribution in [0, 0.1) is 0 Å². The quantitative estimate of drug-likeness (QED) is 0.353. The summed E-state index contributed by atoms with van der Waals surface area (Å²) < 4.78 is 7.21. The van der Waals surface area contributed by atoms with Crippen molar-refractivity contribution in [1.82, 2.24) is 9.55 Å². The molecule has 0 atom stereocenters. The van der Waals surface area contributed by atoms with Gasteiger partial charge in [0.2, 0.25) is 0 Å². The van der Waals surface area contributed by atoms with Gasteiger partial charge in [0.05, 0.1) is 28.6 Å². The molecular weight excluding hydrogens is 419 g/mol. The largest absolute Gasteiger partial charge is 0.422 e. The van der Waals surface area contributed by atoms with Gasteiger partial charge in [0.25, 0.3) is 0 Å². The number of aliphatic hydroxyl groups excluding tert-OH is 1. The number of aliphatic hydroxyl groups is 1. The smallest absolute Gasteiger partial charge is 0.345 e. The molecule has 2 aromatic carbocycles. The molecule has 142 valence electrons. The van der Waals surface area contributed by atoms with Crippen molar-refractivity contribution in [3.05, 3.63) is 75.2 Å². The molecule has 2 aromatic heterocycles. The van der Waals surface area contributed by atoms with E-state index in [2.05, 4.69) is 4.98 Å². The first-order valence-electron chi connectivity index (χ1n) is 8.38. The molecule has 5 nitrogen and oxygen atoms in total. The summed E-state index contributed by atoms with van der Waals surface area (Å²) in [7, 11) is 0. The highest BCUT2D eigenvalue weighted by Gasteiger charge is 2.17. The first-order chi connectivity index (χ1) is 13.6. The summed E-state index contributed by atoms with van der Waals surface area (Å²) in [5.41, 5.74) is 1.55. The van der Waals surface area contributed by atoms with Crippen molar-refractivity contribution >= 4 is 45.9 Å². The molecule has 4 aromatic rings. The lowest BCUT2D eigenvalue weighted by Crippen LogP contribution is -2.02. The van der Waals surface area contributed by atoms with Gasteiger partial charge < -0.3 is 9.52 Å². The molecule has 0 saturated heterocycles. The topological polar surface area (TPSA) is 68.3 Å². The highest BCUT2D eigenvalue weighted by atomic mass is 35.5. The van der Waals surface area contributed by atoms with E-state index in [0.29, 0.717) is 43.5 Å². The van der Waals surface area contributed by atoms with Gasteiger partial charge in [-0.25, -0.2) is 9.78 Å². The van der Waals surface area contributed by atoms with E-state index >= 15 is 0 Å². The molecule has 0 amide bonds. The summed E-state index contributed by atoms with van der Waals surface area (Å²) in [5, 5.41) is 11.6. The fourth-order valence-corrected chi connectivity index (χ4v) is 4.05. The van der Waals surface area contributed by atoms with Crippen molar-refractivity contribution in [3.63, 3.8) is 0 Å². The number of hydrogen-bond acceptors (Lipinski definition) is 5. The van der Waals surface area contributed by atoms with E-state index in [1.165, 1.54) is 11.8 Å². The van der Waals surface area contributed by atoms with Crippen molar-refractivity contribution in [3.8, 4) is 16.9 Å². The predicted octanol–water partition coefficient (Wildman–Crippen LogP) is 5.04. The number of nitrogens with zero attached hydrogens (tertiary/aromatic N) is 2. The van der Waals surface area contributed by atoms with Crippen LogP contribution in [0.4, 0.5) is 0 Å². The Morgan fingerprint density at radius 3 is 2.75 bits per heavy atom. The van der Waals surface area contributed by atoms with Crippen LogP contribution in [-0.2, 0) is 0 Å². The van der Waals surface area contributed by atoms with E-state index < -0.39 is 5.63 Å². The van der Waals surface area contributed by atoms with Crippen LogP contribution in [0.5, 0.6) is 0 Å². The maximum atomic E-state index is 12.5. The molecule has 0 unspecified atom stereocenters. The van der Waals surface area contributed by atoms with Crippen LogP contribution in [0.15, 0.2) is 69.1 Å². The van der Waals surface area contributed by atoms with Gasteiger partial charge in [0.15, 0.2) is 5.16 Å². The Balaban J connectivity index is 1.88. The van der Waals surface area contributed by atoms with Gasteiger partial charge >= 0.3 is 5.63 Å². The highest BCUT2D eigenvalue weighted by molar-refractivity contribution is 7.99. The standard InChI is InChI=1S/C20H14Cl2N2O3S/c21-13-5-6-17(15(22)10-13)24-11-16(23-20(24)28-8-7-25)14-9-12-3-1-2-4-18(12)27-19(14)26/h1-6,9-11,25H,7-8H2. The third-order valence-corrected chi connectivity index (χ3v) is 5.55. The maximum absolute atomic E-state index is 12.5. The Morgan fingerprint density at radius 2 is 1.96 bits per heavy atom. The summed E-state index contributed by atoms with van der Waals surface area (Å²) in [5.74, 6) is 0.452. The zero-order valence-electron chi connectivity index (χ0n) is 14.4. The van der Waals surface area contributed by atoms with Crippen molar-refractivity contribution in [2.45, 2.75) is 5.16 Å². The molecule has 2 heterocycles. The fourth-order valence-electron chi connectivity index (χ4n) is 2.82. The zero-order chi connectivity index (χ0) is 19.7. The van der Waals surface area contributed by atoms with Crippen molar-refractivity contribution in [2.75, 3.05) is 12.4 Å². The van der Waals surface area contributed by atoms with Crippen molar-refractivity contribution in [2.24, 2.45) is 0 Å². The number of halogens is 2. The van der Waals surface area contributed by atoms with Crippen LogP contribution in [0.3, 0.4) is 0 Å². The number of imidazole rings is 1. The SMILES string of the molecule is O=c1oc2ccccc2cc1-c1cn(-c2ccc(Cl)cc2Cl)c(SCCO)n1. The average Bonchev–Trinajstić information content (AvgIpc) is 3.09. The van der Waals surface area contributed by atoms with Gasteiger partial charge in [-0.3, -0.25) is 4.57 Å². The van der Waals surface area contributed by atoms with Crippen LogP contribution in [0.1, 0.15) is 0 Å². The van der Waals surface area contributed by atoms with Crippen LogP contribution in [0.2, 0.25) is 10.0 Å². The minimum Gasteiger partial charge on any atom is -0.422 e. The minimum atomic E-state index is -0.468. The molecular formula is C20H14Cl2N2O3S. The van der Waals surface area contributed by atoms with Crippen LogP contribution in [-0.4, -0.2) is 27.0 Å². The molecule has 28 heavy (non-hydrogen) atoms. The summed E-state index contributed by atoms with van der Waals surface area (Å²) in [6.45, 7) is -0.000671. The molecule has 0 fully saturated rings. The number of fused-ring (bicyclic) bond motifs is 1. The molecule has 1 N–H and O–H groups in total. The monoisotopic (exact) mass is 432 g/mol. The lowest BCUT2D eigenvalue weighted by molar-refractivity contribution is 0.322. The molecule has 0 saturated carbocycles. The molecule has 0 bridgehead atoms.